The number of ether oxygens (including phenoxy) is 1. The van der Waals surface area contributed by atoms with Gasteiger partial charge in [0.05, 0.1) is 29.1 Å². The SMILES string of the molecule is CC(C)(C)N=C=O.CC[C@@H]1C[C@]1(CC(=O)[C@@H]1C[C@@H](Oc2nccc3cc(C)ccc23)CN1C(=O)[C@@H](CC(=O)CC(C)(C)C)C1CCCCC1)C(=O)NS(=O)(=O)OC1(C)CC1. The molecule has 3 aliphatic carbocycles. The molecule has 0 unspecified atom stereocenters. The summed E-state index contributed by atoms with van der Waals surface area (Å²) >= 11 is 0. The number of hydrogen-bond acceptors (Lipinski definition) is 11. The number of aliphatic imine (C=N–C) groups is 1. The van der Waals surface area contributed by atoms with E-state index in [4.69, 9.17) is 8.92 Å². The third-order valence-corrected chi connectivity index (χ3v) is 13.4. The molecule has 2 amide bonds. The first-order chi connectivity index (χ1) is 28.0. The van der Waals surface area contributed by atoms with E-state index in [0.29, 0.717) is 38.0 Å². The molecule has 1 saturated heterocycles. The van der Waals surface area contributed by atoms with Gasteiger partial charge in [0.25, 0.3) is 0 Å². The van der Waals surface area contributed by atoms with Crippen molar-refractivity contribution in [2.24, 2.45) is 33.6 Å². The van der Waals surface area contributed by atoms with Gasteiger partial charge in [0.1, 0.15) is 11.9 Å². The third kappa shape index (κ3) is 12.5. The number of benzene rings is 1. The molecule has 2 aromatic rings. The van der Waals surface area contributed by atoms with Gasteiger partial charge in [-0.05, 0) is 101 Å². The van der Waals surface area contributed by atoms with Crippen molar-refractivity contribution >= 4 is 50.5 Å². The van der Waals surface area contributed by atoms with E-state index < -0.39 is 45.3 Å². The number of fused-ring (bicyclic) bond motifs is 1. The number of rotatable bonds is 15. The average molecular weight is 851 g/mol. The molecule has 330 valence electrons. The highest BCUT2D eigenvalue weighted by molar-refractivity contribution is 7.85. The molecule has 2 heterocycles. The summed E-state index contributed by atoms with van der Waals surface area (Å²) in [5.41, 5.74) is -1.42. The zero-order valence-electron chi connectivity index (χ0n) is 37.1. The Bertz CT molecular complexity index is 2070. The summed E-state index contributed by atoms with van der Waals surface area (Å²) in [6.07, 6.45) is 9.92. The van der Waals surface area contributed by atoms with Gasteiger partial charge in [-0.15, -0.1) is 0 Å². The number of pyridine rings is 1. The molecule has 60 heavy (non-hydrogen) atoms. The number of aryl methyl sites for hydroxylation is 1. The Kier molecular flexibility index (Phi) is 14.5. The topological polar surface area (TPSA) is 178 Å². The van der Waals surface area contributed by atoms with Crippen LogP contribution in [0.2, 0.25) is 0 Å². The van der Waals surface area contributed by atoms with Gasteiger partial charge < -0.3 is 9.64 Å². The first kappa shape index (κ1) is 47.1. The lowest BCUT2D eigenvalue weighted by atomic mass is 9.75. The number of hydrogen-bond donors (Lipinski definition) is 1. The van der Waals surface area contributed by atoms with Crippen LogP contribution < -0.4 is 9.46 Å². The van der Waals surface area contributed by atoms with Crippen molar-refractivity contribution in [3.8, 4) is 5.88 Å². The van der Waals surface area contributed by atoms with Crippen molar-refractivity contribution in [3.63, 3.8) is 0 Å². The predicted molar refractivity (Wildman–Crippen MR) is 229 cm³/mol. The van der Waals surface area contributed by atoms with Crippen LogP contribution in [0.3, 0.4) is 0 Å². The minimum atomic E-state index is -4.38. The maximum Gasteiger partial charge on any atom is 0.362 e. The van der Waals surface area contributed by atoms with Gasteiger partial charge in [-0.25, -0.2) is 23.7 Å². The van der Waals surface area contributed by atoms with Crippen LogP contribution in [0.1, 0.15) is 144 Å². The fourth-order valence-corrected chi connectivity index (χ4v) is 10.1. The number of isocyanates is 1. The Balaban J connectivity index is 0.000000896. The minimum absolute atomic E-state index is 0.0300. The normalized spacial score (nSPS) is 24.4. The molecule has 1 aromatic heterocycles. The quantitative estimate of drug-likeness (QED) is 0.137. The molecule has 5 atom stereocenters. The highest BCUT2D eigenvalue weighted by Gasteiger charge is 2.62. The molecular weight excluding hydrogens is 785 g/mol. The van der Waals surface area contributed by atoms with Crippen LogP contribution in [-0.2, 0) is 38.5 Å². The van der Waals surface area contributed by atoms with E-state index in [9.17, 15) is 32.4 Å². The highest BCUT2D eigenvalue weighted by Crippen LogP contribution is 2.58. The van der Waals surface area contributed by atoms with Gasteiger partial charge in [-0.2, -0.15) is 8.42 Å². The molecule has 13 nitrogen and oxygen atoms in total. The van der Waals surface area contributed by atoms with Crippen molar-refractivity contribution in [2.45, 2.75) is 169 Å². The van der Waals surface area contributed by atoms with E-state index in [1.165, 1.54) is 6.08 Å². The van der Waals surface area contributed by atoms with Gasteiger partial charge in [0, 0.05) is 43.2 Å². The van der Waals surface area contributed by atoms with Crippen molar-refractivity contribution in [3.05, 3.63) is 36.0 Å². The summed E-state index contributed by atoms with van der Waals surface area (Å²) < 4.78 is 39.6. The summed E-state index contributed by atoms with van der Waals surface area (Å²) in [6.45, 7) is 17.3. The number of carbonyl (C=O) groups is 4. The molecule has 0 bridgehead atoms. The minimum Gasteiger partial charge on any atom is -0.472 e. The van der Waals surface area contributed by atoms with E-state index in [2.05, 4.69) is 14.7 Å². The highest BCUT2D eigenvalue weighted by atomic mass is 32.2. The number of Topliss-reactive ketones (excluding diaryl/α,β-unsaturated/α-hetero) is 2. The summed E-state index contributed by atoms with van der Waals surface area (Å²) in [7, 11) is -4.38. The number of nitrogens with zero attached hydrogens (tertiary/aromatic N) is 3. The van der Waals surface area contributed by atoms with Gasteiger partial charge in [-0.1, -0.05) is 71.1 Å². The van der Waals surface area contributed by atoms with Crippen LogP contribution in [-0.4, -0.2) is 77.6 Å². The number of nitrogens with one attached hydrogen (secondary N) is 1. The Morgan fingerprint density at radius 3 is 2.30 bits per heavy atom. The smallest absolute Gasteiger partial charge is 0.362 e. The summed E-state index contributed by atoms with van der Waals surface area (Å²) in [4.78, 5) is 75.7. The number of ketones is 2. The second-order valence-corrected chi connectivity index (χ2v) is 21.5. The Morgan fingerprint density at radius 1 is 1.05 bits per heavy atom. The van der Waals surface area contributed by atoms with Crippen molar-refractivity contribution in [2.75, 3.05) is 6.54 Å². The molecule has 0 spiro atoms. The fourth-order valence-electron chi connectivity index (χ4n) is 8.88. The maximum absolute atomic E-state index is 14.8. The lowest BCUT2D eigenvalue weighted by Gasteiger charge is -2.34. The second-order valence-electron chi connectivity index (χ2n) is 20.2. The Labute approximate surface area is 356 Å². The van der Waals surface area contributed by atoms with Crippen molar-refractivity contribution < 1.29 is 41.3 Å². The molecule has 1 N–H and O–H groups in total. The van der Waals surface area contributed by atoms with E-state index >= 15 is 0 Å². The molecule has 1 aromatic carbocycles. The van der Waals surface area contributed by atoms with E-state index in [-0.39, 0.29) is 66.1 Å². The van der Waals surface area contributed by atoms with Crippen LogP contribution in [0.4, 0.5) is 0 Å². The zero-order chi connectivity index (χ0) is 44.3. The monoisotopic (exact) mass is 850 g/mol. The first-order valence-electron chi connectivity index (χ1n) is 21.7. The van der Waals surface area contributed by atoms with E-state index in [1.54, 1.807) is 18.0 Å². The average Bonchev–Trinajstić information content (AvgIpc) is 4.01. The summed E-state index contributed by atoms with van der Waals surface area (Å²) in [5.74, 6) is -1.55. The van der Waals surface area contributed by atoms with E-state index in [0.717, 1.165) is 48.4 Å². The van der Waals surface area contributed by atoms with Crippen LogP contribution in [0.25, 0.3) is 10.8 Å². The van der Waals surface area contributed by atoms with Crippen LogP contribution in [0, 0.1) is 35.5 Å². The van der Waals surface area contributed by atoms with Gasteiger partial charge in [0.15, 0.2) is 5.78 Å². The second kappa shape index (κ2) is 18.5. The van der Waals surface area contributed by atoms with E-state index in [1.807, 2.05) is 79.7 Å². The summed E-state index contributed by atoms with van der Waals surface area (Å²) in [5, 5.41) is 1.78. The molecular formula is C46H66N4O9S. The standard InChI is InChI=1S/C41H57N3O8S.C5H9NO/c1-7-29-22-41(29,38(48)43-53(49,50)52-40(6)16-17-40)24-35(46)34-21-31(51-36-32-14-13-26(2)19-28(32)15-18-42-36)25-44(34)37(47)33(27-11-9-8-10-12-27)20-30(45)23-39(3,4)5;1-5(2,3)6-4-7/h13-15,18-19,27,29,31,33-34H,7-12,16-17,20-25H2,1-6H3,(H,43,48);1-3H3/t29-,31-,33+,34+,41-;/m1./s1. The molecule has 4 fully saturated rings. The number of likely N-dealkylation sites (tertiary alicyclic amines) is 1. The first-order valence-corrected chi connectivity index (χ1v) is 23.1. The van der Waals surface area contributed by atoms with Gasteiger partial charge >= 0.3 is 10.3 Å². The lowest BCUT2D eigenvalue weighted by Crippen LogP contribution is -2.48. The van der Waals surface area contributed by atoms with Crippen LogP contribution in [0.5, 0.6) is 5.88 Å². The maximum atomic E-state index is 14.8. The largest absolute Gasteiger partial charge is 0.472 e. The Hall–Kier alpha value is -4.00. The van der Waals surface area contributed by atoms with Crippen molar-refractivity contribution in [1.29, 1.82) is 0 Å². The Morgan fingerprint density at radius 2 is 1.73 bits per heavy atom. The molecule has 3 saturated carbocycles. The number of amides is 2. The molecule has 14 heteroatoms. The van der Waals surface area contributed by atoms with Crippen LogP contribution in [0.15, 0.2) is 35.5 Å². The van der Waals surface area contributed by atoms with Gasteiger partial charge in [0.2, 0.25) is 23.8 Å². The van der Waals surface area contributed by atoms with Crippen molar-refractivity contribution in [1.82, 2.24) is 14.6 Å². The predicted octanol–water partition coefficient (Wildman–Crippen LogP) is 7.91. The summed E-state index contributed by atoms with van der Waals surface area (Å²) in [6, 6.07) is 6.99. The fraction of sp³-hybridized carbons (Fsp3) is 0.696. The van der Waals surface area contributed by atoms with Gasteiger partial charge in [-0.3, -0.25) is 19.2 Å². The lowest BCUT2D eigenvalue weighted by molar-refractivity contribution is -0.145. The molecule has 0 radical (unpaired) electrons. The molecule has 4 aliphatic rings. The third-order valence-electron chi connectivity index (χ3n) is 12.3. The number of aromatic nitrogens is 1. The molecule has 6 rings (SSSR count). The zero-order valence-corrected chi connectivity index (χ0v) is 37.9. The molecule has 1 aliphatic heterocycles. The number of carbonyl (C=O) groups excluding carboxylic acids is 5. The van der Waals surface area contributed by atoms with Crippen LogP contribution >= 0.6 is 0 Å².